The first-order chi connectivity index (χ1) is 11.4. The molecule has 6 heteroatoms. The molecule has 0 radical (unpaired) electrons. The molecule has 0 aliphatic rings. The van der Waals surface area contributed by atoms with Crippen LogP contribution in [0.5, 0.6) is 0 Å². The maximum Gasteiger partial charge on any atom is 0.316 e. The molecule has 2 rings (SSSR count). The number of nitriles is 1. The highest BCUT2D eigenvalue weighted by Crippen LogP contribution is 2.25. The van der Waals surface area contributed by atoms with Gasteiger partial charge in [0.25, 0.3) is 0 Å². The first-order valence-electron chi connectivity index (χ1n) is 7.43. The molecule has 1 heterocycles. The number of aromatic nitrogens is 1. The Morgan fingerprint density at radius 2 is 2.00 bits per heavy atom. The van der Waals surface area contributed by atoms with E-state index < -0.39 is 29.7 Å². The van der Waals surface area contributed by atoms with Gasteiger partial charge in [-0.05, 0) is 26.3 Å². The minimum Gasteiger partial charge on any atom is -0.457 e. The summed E-state index contributed by atoms with van der Waals surface area (Å²) >= 11 is 1.25. The molecule has 1 atom stereocenters. The summed E-state index contributed by atoms with van der Waals surface area (Å²) < 4.78 is 5.17. The molecule has 0 spiro atoms. The molecule has 0 saturated carbocycles. The summed E-state index contributed by atoms with van der Waals surface area (Å²) in [5, 5.41) is 11.4. The zero-order valence-electron chi connectivity index (χ0n) is 13.8. The van der Waals surface area contributed by atoms with Gasteiger partial charge < -0.3 is 4.74 Å². The maximum absolute atomic E-state index is 12.4. The Bertz CT molecular complexity index is 775. The Hall–Kier alpha value is -2.52. The van der Waals surface area contributed by atoms with Crippen LogP contribution in [0.15, 0.2) is 35.7 Å². The fourth-order valence-electron chi connectivity index (χ4n) is 2.14. The van der Waals surface area contributed by atoms with Crippen LogP contribution < -0.4 is 0 Å². The smallest absolute Gasteiger partial charge is 0.316 e. The van der Waals surface area contributed by atoms with Gasteiger partial charge in [-0.25, -0.2) is 4.98 Å². The minimum atomic E-state index is -1.00. The number of rotatable bonds is 6. The van der Waals surface area contributed by atoms with Crippen LogP contribution >= 0.6 is 11.3 Å². The molecule has 24 heavy (non-hydrogen) atoms. The molecule has 0 saturated heterocycles. The summed E-state index contributed by atoms with van der Waals surface area (Å²) in [5.74, 6) is -1.98. The van der Waals surface area contributed by atoms with Crippen molar-refractivity contribution < 1.29 is 14.3 Å². The predicted molar refractivity (Wildman–Crippen MR) is 90.6 cm³/mol. The predicted octanol–water partition coefficient (Wildman–Crippen LogP) is 3.15. The fourth-order valence-corrected chi connectivity index (χ4v) is 3.00. The number of aryl methyl sites for hydroxylation is 1. The van der Waals surface area contributed by atoms with E-state index in [0.29, 0.717) is 5.01 Å². The van der Waals surface area contributed by atoms with Crippen LogP contribution in [0, 0.1) is 18.3 Å². The molecule has 0 N–H and O–H groups in total. The SMILES string of the molecule is Cc1csc([C@@H](C#N)C(=O)COC(=O)C(C)(C)c2ccccc2)n1. The first kappa shape index (κ1) is 17.8. The van der Waals surface area contributed by atoms with Crippen molar-refractivity contribution in [2.24, 2.45) is 0 Å². The van der Waals surface area contributed by atoms with E-state index in [-0.39, 0.29) is 0 Å². The number of hydrogen-bond donors (Lipinski definition) is 0. The van der Waals surface area contributed by atoms with E-state index in [9.17, 15) is 14.9 Å². The first-order valence-corrected chi connectivity index (χ1v) is 8.31. The van der Waals surface area contributed by atoms with Crippen LogP contribution in [0.3, 0.4) is 0 Å². The molecular formula is C18H18N2O3S. The zero-order valence-corrected chi connectivity index (χ0v) is 14.6. The largest absolute Gasteiger partial charge is 0.457 e. The minimum absolute atomic E-state index is 0.429. The monoisotopic (exact) mass is 342 g/mol. The molecule has 0 amide bonds. The Kier molecular flexibility index (Phi) is 5.47. The number of ketones is 1. The molecule has 0 unspecified atom stereocenters. The normalized spacial score (nSPS) is 12.2. The van der Waals surface area contributed by atoms with E-state index in [2.05, 4.69) is 4.98 Å². The Morgan fingerprint density at radius 3 is 2.54 bits per heavy atom. The number of benzene rings is 1. The lowest BCUT2D eigenvalue weighted by Gasteiger charge is -2.23. The summed E-state index contributed by atoms with van der Waals surface area (Å²) in [6, 6.07) is 11.1. The van der Waals surface area contributed by atoms with Crippen molar-refractivity contribution in [3.8, 4) is 6.07 Å². The van der Waals surface area contributed by atoms with Crippen molar-refractivity contribution in [2.45, 2.75) is 32.1 Å². The lowest BCUT2D eigenvalue weighted by Crippen LogP contribution is -2.33. The third-order valence-corrected chi connectivity index (χ3v) is 4.71. The highest BCUT2D eigenvalue weighted by molar-refractivity contribution is 7.09. The van der Waals surface area contributed by atoms with Gasteiger partial charge in [-0.3, -0.25) is 9.59 Å². The highest BCUT2D eigenvalue weighted by Gasteiger charge is 2.33. The molecule has 0 aliphatic heterocycles. The maximum atomic E-state index is 12.4. The van der Waals surface area contributed by atoms with Crippen molar-refractivity contribution in [1.82, 2.24) is 4.98 Å². The van der Waals surface area contributed by atoms with Gasteiger partial charge in [0, 0.05) is 11.1 Å². The molecule has 1 aromatic heterocycles. The third-order valence-electron chi connectivity index (χ3n) is 3.69. The molecule has 0 fully saturated rings. The van der Waals surface area contributed by atoms with Gasteiger partial charge in [0.15, 0.2) is 18.3 Å². The van der Waals surface area contributed by atoms with E-state index in [1.165, 1.54) is 11.3 Å². The quantitative estimate of drug-likeness (QED) is 0.753. The summed E-state index contributed by atoms with van der Waals surface area (Å²) in [4.78, 5) is 28.7. The fraction of sp³-hybridized carbons (Fsp3) is 0.333. The molecule has 124 valence electrons. The van der Waals surface area contributed by atoms with Crippen LogP contribution in [0.4, 0.5) is 0 Å². The van der Waals surface area contributed by atoms with E-state index in [1.54, 1.807) is 26.2 Å². The van der Waals surface area contributed by atoms with E-state index in [4.69, 9.17) is 4.74 Å². The molecular weight excluding hydrogens is 324 g/mol. The van der Waals surface area contributed by atoms with Crippen molar-refractivity contribution >= 4 is 23.1 Å². The lowest BCUT2D eigenvalue weighted by atomic mass is 9.85. The number of carbonyl (C=O) groups is 2. The van der Waals surface area contributed by atoms with Gasteiger partial charge >= 0.3 is 5.97 Å². The Morgan fingerprint density at radius 1 is 1.33 bits per heavy atom. The van der Waals surface area contributed by atoms with E-state index in [0.717, 1.165) is 11.3 Å². The second kappa shape index (κ2) is 7.37. The van der Waals surface area contributed by atoms with Crippen LogP contribution in [0.1, 0.15) is 36.0 Å². The second-order valence-corrected chi connectivity index (χ2v) is 6.81. The van der Waals surface area contributed by atoms with Crippen molar-refractivity contribution in [3.63, 3.8) is 0 Å². The Balaban J connectivity index is 2.03. The number of Topliss-reactive ketones (excluding diaryl/α,β-unsaturated/α-hetero) is 1. The number of hydrogen-bond acceptors (Lipinski definition) is 6. The van der Waals surface area contributed by atoms with Gasteiger partial charge in [0.1, 0.15) is 5.01 Å². The molecule has 0 aliphatic carbocycles. The number of carbonyl (C=O) groups excluding carboxylic acids is 2. The summed E-state index contributed by atoms with van der Waals surface area (Å²) in [7, 11) is 0. The van der Waals surface area contributed by atoms with Gasteiger partial charge in [0.05, 0.1) is 11.5 Å². The molecule has 2 aromatic rings. The average Bonchev–Trinajstić information content (AvgIpc) is 3.00. The Labute approximate surface area is 144 Å². The van der Waals surface area contributed by atoms with Gasteiger partial charge in [-0.1, -0.05) is 30.3 Å². The average molecular weight is 342 g/mol. The molecule has 5 nitrogen and oxygen atoms in total. The molecule has 1 aromatic carbocycles. The summed E-state index contributed by atoms with van der Waals surface area (Å²) in [5.41, 5.74) is 0.682. The number of ether oxygens (including phenoxy) is 1. The van der Waals surface area contributed by atoms with Crippen molar-refractivity contribution in [3.05, 3.63) is 52.0 Å². The summed E-state index contributed by atoms with van der Waals surface area (Å²) in [6.45, 7) is 4.83. The van der Waals surface area contributed by atoms with E-state index in [1.807, 2.05) is 36.4 Å². The lowest BCUT2D eigenvalue weighted by molar-refractivity contribution is -0.152. The standard InChI is InChI=1S/C18H18N2O3S/c1-12-11-24-16(20-12)14(9-19)15(21)10-23-17(22)18(2,3)13-7-5-4-6-8-13/h4-8,11,14H,10H2,1-3H3/t14-/m0/s1. The van der Waals surface area contributed by atoms with E-state index >= 15 is 0 Å². The van der Waals surface area contributed by atoms with Crippen LogP contribution in [-0.2, 0) is 19.7 Å². The van der Waals surface area contributed by atoms with Crippen LogP contribution in [0.25, 0.3) is 0 Å². The van der Waals surface area contributed by atoms with Crippen LogP contribution in [0.2, 0.25) is 0 Å². The third kappa shape index (κ3) is 3.87. The second-order valence-electron chi connectivity index (χ2n) is 5.92. The van der Waals surface area contributed by atoms with Crippen molar-refractivity contribution in [2.75, 3.05) is 6.61 Å². The topological polar surface area (TPSA) is 80.0 Å². The number of thiazole rings is 1. The highest BCUT2D eigenvalue weighted by atomic mass is 32.1. The van der Waals surface area contributed by atoms with Crippen LogP contribution in [-0.4, -0.2) is 23.3 Å². The van der Waals surface area contributed by atoms with Gasteiger partial charge in [0.2, 0.25) is 0 Å². The van der Waals surface area contributed by atoms with Crippen molar-refractivity contribution in [1.29, 1.82) is 5.26 Å². The number of esters is 1. The van der Waals surface area contributed by atoms with Gasteiger partial charge in [-0.15, -0.1) is 11.3 Å². The zero-order chi connectivity index (χ0) is 17.7. The van der Waals surface area contributed by atoms with Gasteiger partial charge in [-0.2, -0.15) is 5.26 Å². The molecule has 0 bridgehead atoms. The number of nitrogens with zero attached hydrogens (tertiary/aromatic N) is 2. The summed E-state index contributed by atoms with van der Waals surface area (Å²) in [6.07, 6.45) is 0.